The first-order chi connectivity index (χ1) is 9.78. The molecule has 1 fully saturated rings. The van der Waals surface area contributed by atoms with E-state index in [4.69, 9.17) is 4.99 Å². The molecule has 0 bridgehead atoms. The zero-order valence-corrected chi connectivity index (χ0v) is 12.7. The van der Waals surface area contributed by atoms with Gasteiger partial charge in [-0.2, -0.15) is 5.10 Å². The molecule has 0 aromatic carbocycles. The quantitative estimate of drug-likeness (QED) is 0.618. The van der Waals surface area contributed by atoms with Gasteiger partial charge in [-0.1, -0.05) is 19.8 Å². The van der Waals surface area contributed by atoms with Gasteiger partial charge in [0.25, 0.3) is 0 Å². The van der Waals surface area contributed by atoms with E-state index in [2.05, 4.69) is 29.6 Å². The number of nitrogens with one attached hydrogen (secondary N) is 2. The van der Waals surface area contributed by atoms with Gasteiger partial charge in [0.15, 0.2) is 5.96 Å². The minimum Gasteiger partial charge on any atom is -0.357 e. The highest BCUT2D eigenvalue weighted by molar-refractivity contribution is 5.80. The van der Waals surface area contributed by atoms with Gasteiger partial charge in [0.1, 0.15) is 0 Å². The zero-order chi connectivity index (χ0) is 14.2. The molecule has 2 rings (SSSR count). The van der Waals surface area contributed by atoms with E-state index in [1.54, 1.807) is 0 Å². The number of aliphatic imine (C=N–C) groups is 1. The first kappa shape index (κ1) is 14.9. The smallest absolute Gasteiger partial charge is 0.191 e. The second kappa shape index (κ2) is 7.92. The summed E-state index contributed by atoms with van der Waals surface area (Å²) in [6.07, 6.45) is 9.05. The molecule has 1 aliphatic rings. The summed E-state index contributed by atoms with van der Waals surface area (Å²) in [7, 11) is 0. The summed E-state index contributed by atoms with van der Waals surface area (Å²) in [4.78, 5) is 4.71. The number of rotatable bonds is 6. The van der Waals surface area contributed by atoms with E-state index >= 15 is 0 Å². The van der Waals surface area contributed by atoms with Crippen molar-refractivity contribution in [3.05, 3.63) is 18.5 Å². The van der Waals surface area contributed by atoms with E-state index in [1.807, 2.05) is 23.1 Å². The van der Waals surface area contributed by atoms with E-state index < -0.39 is 0 Å². The molecule has 0 aliphatic heterocycles. The van der Waals surface area contributed by atoms with Crippen LogP contribution in [0.2, 0.25) is 0 Å². The maximum atomic E-state index is 4.71. The largest absolute Gasteiger partial charge is 0.357 e. The summed E-state index contributed by atoms with van der Waals surface area (Å²) >= 11 is 0. The van der Waals surface area contributed by atoms with E-state index in [0.29, 0.717) is 12.0 Å². The Morgan fingerprint density at radius 1 is 1.45 bits per heavy atom. The van der Waals surface area contributed by atoms with Crippen molar-refractivity contribution in [2.75, 3.05) is 13.1 Å². The number of aromatic nitrogens is 2. The molecular weight excluding hydrogens is 250 g/mol. The summed E-state index contributed by atoms with van der Waals surface area (Å²) in [6, 6.07) is 2.57. The Labute approximate surface area is 121 Å². The van der Waals surface area contributed by atoms with E-state index in [1.165, 1.54) is 25.7 Å². The first-order valence-electron chi connectivity index (χ1n) is 7.80. The Hall–Kier alpha value is -1.52. The SMILES string of the molecule is CCNC(=NCC(C)Cn1cccn1)NC1CCCC1. The topological polar surface area (TPSA) is 54.2 Å². The predicted molar refractivity (Wildman–Crippen MR) is 82.8 cm³/mol. The molecule has 20 heavy (non-hydrogen) atoms. The second-order valence-corrected chi connectivity index (χ2v) is 5.68. The van der Waals surface area contributed by atoms with Gasteiger partial charge in [0, 0.05) is 38.1 Å². The van der Waals surface area contributed by atoms with E-state index in [0.717, 1.165) is 25.6 Å². The standard InChI is InChI=1S/C15H27N5/c1-3-16-15(19-14-7-4-5-8-14)17-11-13(2)12-20-10-6-9-18-20/h6,9-10,13-14H,3-5,7-8,11-12H2,1-2H3,(H2,16,17,19). The van der Waals surface area contributed by atoms with Crippen LogP contribution in [0.1, 0.15) is 39.5 Å². The van der Waals surface area contributed by atoms with Crippen molar-refractivity contribution in [2.45, 2.75) is 52.1 Å². The maximum absolute atomic E-state index is 4.71. The van der Waals surface area contributed by atoms with Crippen LogP contribution >= 0.6 is 0 Å². The number of guanidine groups is 1. The predicted octanol–water partition coefficient (Wildman–Crippen LogP) is 2.02. The molecule has 2 N–H and O–H groups in total. The molecule has 0 amide bonds. The molecule has 1 unspecified atom stereocenters. The minimum atomic E-state index is 0.480. The minimum absolute atomic E-state index is 0.480. The van der Waals surface area contributed by atoms with Gasteiger partial charge in [-0.25, -0.2) is 0 Å². The summed E-state index contributed by atoms with van der Waals surface area (Å²) in [5.74, 6) is 1.45. The highest BCUT2D eigenvalue weighted by Gasteiger charge is 2.15. The van der Waals surface area contributed by atoms with Crippen LogP contribution in [0.25, 0.3) is 0 Å². The molecule has 5 heteroatoms. The van der Waals surface area contributed by atoms with Crippen LogP contribution in [0.4, 0.5) is 0 Å². The summed E-state index contributed by atoms with van der Waals surface area (Å²) < 4.78 is 1.97. The van der Waals surface area contributed by atoms with Gasteiger partial charge in [-0.15, -0.1) is 0 Å². The lowest BCUT2D eigenvalue weighted by atomic mass is 10.2. The van der Waals surface area contributed by atoms with Crippen LogP contribution < -0.4 is 10.6 Å². The lowest BCUT2D eigenvalue weighted by Gasteiger charge is -2.17. The van der Waals surface area contributed by atoms with E-state index in [9.17, 15) is 0 Å². The molecule has 1 heterocycles. The Balaban J connectivity index is 1.80. The maximum Gasteiger partial charge on any atom is 0.191 e. The van der Waals surface area contributed by atoms with Crippen LogP contribution in [0.15, 0.2) is 23.5 Å². The molecule has 1 aliphatic carbocycles. The molecule has 0 saturated heterocycles. The Kier molecular flexibility index (Phi) is 5.89. The lowest BCUT2D eigenvalue weighted by Crippen LogP contribution is -2.42. The van der Waals surface area contributed by atoms with Crippen molar-refractivity contribution in [1.82, 2.24) is 20.4 Å². The van der Waals surface area contributed by atoms with Crippen LogP contribution in [0.3, 0.4) is 0 Å². The van der Waals surface area contributed by atoms with Crippen molar-refractivity contribution in [1.29, 1.82) is 0 Å². The third kappa shape index (κ3) is 4.87. The van der Waals surface area contributed by atoms with Crippen molar-refractivity contribution in [2.24, 2.45) is 10.9 Å². The average molecular weight is 277 g/mol. The van der Waals surface area contributed by atoms with Crippen LogP contribution in [-0.2, 0) is 6.54 Å². The molecule has 0 spiro atoms. The van der Waals surface area contributed by atoms with Crippen molar-refractivity contribution in [3.8, 4) is 0 Å². The molecule has 0 radical (unpaired) electrons. The third-order valence-electron chi connectivity index (χ3n) is 3.66. The van der Waals surface area contributed by atoms with Crippen molar-refractivity contribution in [3.63, 3.8) is 0 Å². The molecule has 1 aromatic heterocycles. The highest BCUT2D eigenvalue weighted by Crippen LogP contribution is 2.17. The summed E-state index contributed by atoms with van der Waals surface area (Å²) in [5, 5.41) is 11.1. The van der Waals surface area contributed by atoms with E-state index in [-0.39, 0.29) is 0 Å². The fourth-order valence-electron chi connectivity index (χ4n) is 2.62. The fourth-order valence-corrected chi connectivity index (χ4v) is 2.62. The molecule has 1 saturated carbocycles. The Morgan fingerprint density at radius 3 is 2.90 bits per heavy atom. The van der Waals surface area contributed by atoms with Crippen molar-refractivity contribution >= 4 is 5.96 Å². The average Bonchev–Trinajstić information content (AvgIpc) is 3.09. The van der Waals surface area contributed by atoms with Crippen molar-refractivity contribution < 1.29 is 0 Å². The van der Waals surface area contributed by atoms with Crippen LogP contribution in [0, 0.1) is 5.92 Å². The fraction of sp³-hybridized carbons (Fsp3) is 0.733. The number of hydrogen-bond acceptors (Lipinski definition) is 2. The van der Waals surface area contributed by atoms with Gasteiger partial charge in [0.2, 0.25) is 0 Å². The zero-order valence-electron chi connectivity index (χ0n) is 12.7. The van der Waals surface area contributed by atoms with Gasteiger partial charge >= 0.3 is 0 Å². The molecule has 1 aromatic rings. The summed E-state index contributed by atoms with van der Waals surface area (Å²) in [6.45, 7) is 6.97. The third-order valence-corrected chi connectivity index (χ3v) is 3.66. The Morgan fingerprint density at radius 2 is 2.25 bits per heavy atom. The molecule has 1 atom stereocenters. The highest BCUT2D eigenvalue weighted by atomic mass is 15.3. The number of nitrogens with zero attached hydrogens (tertiary/aromatic N) is 3. The van der Waals surface area contributed by atoms with Crippen LogP contribution in [0.5, 0.6) is 0 Å². The van der Waals surface area contributed by atoms with Gasteiger partial charge < -0.3 is 10.6 Å². The Bertz CT molecular complexity index is 392. The van der Waals surface area contributed by atoms with Gasteiger partial charge in [0.05, 0.1) is 0 Å². The van der Waals surface area contributed by atoms with Gasteiger partial charge in [-0.05, 0) is 31.7 Å². The van der Waals surface area contributed by atoms with Crippen LogP contribution in [-0.4, -0.2) is 34.9 Å². The first-order valence-corrected chi connectivity index (χ1v) is 7.80. The number of hydrogen-bond donors (Lipinski definition) is 2. The molecular formula is C15H27N5. The molecule has 112 valence electrons. The normalized spacial score (nSPS) is 18.2. The lowest BCUT2D eigenvalue weighted by molar-refractivity contribution is 0.457. The molecule has 5 nitrogen and oxygen atoms in total. The van der Waals surface area contributed by atoms with Gasteiger partial charge in [-0.3, -0.25) is 9.67 Å². The monoisotopic (exact) mass is 277 g/mol. The summed E-state index contributed by atoms with van der Waals surface area (Å²) in [5.41, 5.74) is 0. The second-order valence-electron chi connectivity index (χ2n) is 5.68.